The molecule has 2 aromatic rings. The van der Waals surface area contributed by atoms with Gasteiger partial charge in [-0.3, -0.25) is 4.79 Å². The van der Waals surface area contributed by atoms with Crippen molar-refractivity contribution < 1.29 is 9.32 Å². The zero-order valence-electron chi connectivity index (χ0n) is 13.6. The van der Waals surface area contributed by atoms with Gasteiger partial charge in [0.1, 0.15) is 0 Å². The molecule has 0 radical (unpaired) electrons. The number of likely N-dealkylation sites (N-methyl/N-ethyl adjacent to an activating group) is 1. The molecule has 1 aliphatic carbocycles. The van der Waals surface area contributed by atoms with Crippen LogP contribution in [0.25, 0.3) is 11.1 Å². The maximum absolute atomic E-state index is 13.2. The molecule has 0 aromatic carbocycles. The lowest BCUT2D eigenvalue weighted by atomic mass is 10.1. The minimum Gasteiger partial charge on any atom is -0.336 e. The summed E-state index contributed by atoms with van der Waals surface area (Å²) in [5.74, 6) is 0.561. The lowest BCUT2D eigenvalue weighted by Crippen LogP contribution is -2.41. The van der Waals surface area contributed by atoms with Crippen molar-refractivity contribution >= 4 is 17.0 Å². The zero-order chi connectivity index (χ0) is 16.0. The highest BCUT2D eigenvalue weighted by Gasteiger charge is 2.33. The van der Waals surface area contributed by atoms with Crippen LogP contribution in [0.15, 0.2) is 10.6 Å². The minimum absolute atomic E-state index is 0.0864. The molecule has 2 aliphatic rings. The number of pyridine rings is 1. The molecule has 2 fully saturated rings. The highest BCUT2D eigenvalue weighted by molar-refractivity contribution is 6.06. The number of fused-ring (bicyclic) bond motifs is 1. The topological polar surface area (TPSA) is 71.3 Å². The van der Waals surface area contributed by atoms with Crippen molar-refractivity contribution in [2.45, 2.75) is 44.6 Å². The van der Waals surface area contributed by atoms with E-state index in [1.54, 1.807) is 0 Å². The summed E-state index contributed by atoms with van der Waals surface area (Å²) in [6, 6.07) is 2.24. The number of amides is 1. The van der Waals surface area contributed by atoms with Crippen LogP contribution in [0.1, 0.15) is 53.3 Å². The average molecular weight is 314 g/mol. The lowest BCUT2D eigenvalue weighted by molar-refractivity contribution is 0.0738. The monoisotopic (exact) mass is 314 g/mol. The van der Waals surface area contributed by atoms with Crippen molar-refractivity contribution in [3.8, 4) is 0 Å². The zero-order valence-corrected chi connectivity index (χ0v) is 13.6. The summed E-state index contributed by atoms with van der Waals surface area (Å²) in [6.07, 6.45) is 4.40. The van der Waals surface area contributed by atoms with Crippen LogP contribution in [0.2, 0.25) is 0 Å². The number of hydrogen-bond donors (Lipinski definition) is 1. The fourth-order valence-electron chi connectivity index (χ4n) is 3.58. The summed E-state index contributed by atoms with van der Waals surface area (Å²) in [5.41, 5.74) is 2.92. The third-order valence-electron chi connectivity index (χ3n) is 4.94. The number of nitrogens with one attached hydrogen (secondary N) is 1. The second-order valence-electron chi connectivity index (χ2n) is 6.67. The summed E-state index contributed by atoms with van der Waals surface area (Å²) < 4.78 is 5.35. The average Bonchev–Trinajstić information content (AvgIpc) is 3.20. The van der Waals surface area contributed by atoms with E-state index in [4.69, 9.17) is 4.52 Å². The Kier molecular flexibility index (Phi) is 3.56. The van der Waals surface area contributed by atoms with E-state index in [0.29, 0.717) is 17.2 Å². The molecule has 4 rings (SSSR count). The number of aryl methyl sites for hydroxylation is 1. The van der Waals surface area contributed by atoms with Crippen LogP contribution < -0.4 is 5.32 Å². The van der Waals surface area contributed by atoms with Crippen molar-refractivity contribution in [2.75, 3.05) is 20.1 Å². The number of carbonyl (C=O) groups is 1. The highest BCUT2D eigenvalue weighted by atomic mass is 16.5. The Morgan fingerprint density at radius 2 is 2.26 bits per heavy atom. The van der Waals surface area contributed by atoms with Gasteiger partial charge in [0.15, 0.2) is 0 Å². The Balaban J connectivity index is 1.77. The number of hydrogen-bond acceptors (Lipinski definition) is 5. The smallest absolute Gasteiger partial charge is 0.259 e. The van der Waals surface area contributed by atoms with Gasteiger partial charge in [-0.25, -0.2) is 4.98 Å². The first-order valence-corrected chi connectivity index (χ1v) is 8.41. The van der Waals surface area contributed by atoms with E-state index in [0.717, 1.165) is 55.5 Å². The predicted octanol–water partition coefficient (Wildman–Crippen LogP) is 2.23. The van der Waals surface area contributed by atoms with E-state index < -0.39 is 0 Å². The second-order valence-corrected chi connectivity index (χ2v) is 6.67. The maximum atomic E-state index is 13.2. The first-order valence-electron chi connectivity index (χ1n) is 8.41. The first-order chi connectivity index (χ1) is 11.2. The van der Waals surface area contributed by atoms with Crippen LogP contribution in [0.4, 0.5) is 0 Å². The fraction of sp³-hybridized carbons (Fsp3) is 0.588. The van der Waals surface area contributed by atoms with Gasteiger partial charge in [-0.2, -0.15) is 0 Å². The number of carbonyl (C=O) groups excluding carboxylic acids is 1. The molecule has 6 heteroatoms. The van der Waals surface area contributed by atoms with Gasteiger partial charge in [-0.05, 0) is 45.7 Å². The maximum Gasteiger partial charge on any atom is 0.259 e. The Morgan fingerprint density at radius 1 is 1.43 bits per heavy atom. The fourth-order valence-corrected chi connectivity index (χ4v) is 3.58. The summed E-state index contributed by atoms with van der Waals surface area (Å²) in [5, 5.41) is 7.99. The molecule has 2 aromatic heterocycles. The molecular weight excluding hydrogens is 292 g/mol. The van der Waals surface area contributed by atoms with Crippen molar-refractivity contribution in [3.05, 3.63) is 23.0 Å². The minimum atomic E-state index is 0.0864. The van der Waals surface area contributed by atoms with Gasteiger partial charge >= 0.3 is 0 Å². The van der Waals surface area contributed by atoms with Crippen LogP contribution in [0, 0.1) is 6.92 Å². The third-order valence-corrected chi connectivity index (χ3v) is 4.94. The van der Waals surface area contributed by atoms with E-state index in [9.17, 15) is 4.79 Å². The number of rotatable bonds is 4. The van der Waals surface area contributed by atoms with Gasteiger partial charge in [0, 0.05) is 30.7 Å². The summed E-state index contributed by atoms with van der Waals surface area (Å²) in [6.45, 7) is 3.52. The van der Waals surface area contributed by atoms with Gasteiger partial charge in [0.2, 0.25) is 0 Å². The van der Waals surface area contributed by atoms with E-state index in [1.165, 1.54) is 0 Å². The molecule has 122 valence electrons. The van der Waals surface area contributed by atoms with Gasteiger partial charge in [0.25, 0.3) is 11.6 Å². The molecule has 1 aliphatic heterocycles. The highest BCUT2D eigenvalue weighted by Crippen LogP contribution is 2.40. The first kappa shape index (κ1) is 14.6. The Bertz CT molecular complexity index is 750. The standard InChI is InChI=1S/C17H22N4O2/c1-10-15-13(17(22)21-7-3-4-12(21)9-18-2)8-14(11-5-6-11)19-16(15)23-20-10/h8,11-12,18H,3-7,9H2,1-2H3. The molecule has 1 amide bonds. The Labute approximate surface area is 135 Å². The van der Waals surface area contributed by atoms with Crippen LogP contribution in [0.5, 0.6) is 0 Å². The number of nitrogens with zero attached hydrogens (tertiary/aromatic N) is 3. The second kappa shape index (κ2) is 5.60. The van der Waals surface area contributed by atoms with Gasteiger partial charge in [-0.15, -0.1) is 0 Å². The largest absolute Gasteiger partial charge is 0.336 e. The van der Waals surface area contributed by atoms with E-state index in [2.05, 4.69) is 15.5 Å². The van der Waals surface area contributed by atoms with Crippen LogP contribution >= 0.6 is 0 Å². The van der Waals surface area contributed by atoms with Crippen molar-refractivity contribution in [2.24, 2.45) is 0 Å². The normalized spacial score (nSPS) is 21.3. The summed E-state index contributed by atoms with van der Waals surface area (Å²) in [7, 11) is 1.93. The molecule has 23 heavy (non-hydrogen) atoms. The summed E-state index contributed by atoms with van der Waals surface area (Å²) >= 11 is 0. The van der Waals surface area contributed by atoms with Gasteiger partial charge in [0.05, 0.1) is 16.6 Å². The van der Waals surface area contributed by atoms with Crippen molar-refractivity contribution in [1.29, 1.82) is 0 Å². The van der Waals surface area contributed by atoms with E-state index >= 15 is 0 Å². The molecule has 0 spiro atoms. The molecule has 1 saturated heterocycles. The molecule has 1 saturated carbocycles. The molecule has 0 bridgehead atoms. The molecule has 1 unspecified atom stereocenters. The molecule has 1 atom stereocenters. The van der Waals surface area contributed by atoms with E-state index in [-0.39, 0.29) is 11.9 Å². The lowest BCUT2D eigenvalue weighted by Gasteiger charge is -2.25. The molecular formula is C17H22N4O2. The van der Waals surface area contributed by atoms with Crippen LogP contribution in [-0.2, 0) is 0 Å². The van der Waals surface area contributed by atoms with Gasteiger partial charge in [-0.1, -0.05) is 5.16 Å². The van der Waals surface area contributed by atoms with E-state index in [1.807, 2.05) is 24.9 Å². The Hall–Kier alpha value is -1.95. The summed E-state index contributed by atoms with van der Waals surface area (Å²) in [4.78, 5) is 19.8. The SMILES string of the molecule is CNCC1CCCN1C(=O)c1cc(C2CC2)nc2onc(C)c12. The Morgan fingerprint density at radius 3 is 3.00 bits per heavy atom. The van der Waals surface area contributed by atoms with Crippen LogP contribution in [-0.4, -0.2) is 47.1 Å². The van der Waals surface area contributed by atoms with Crippen LogP contribution in [0.3, 0.4) is 0 Å². The molecule has 6 nitrogen and oxygen atoms in total. The third kappa shape index (κ3) is 2.51. The molecule has 1 N–H and O–H groups in total. The number of aromatic nitrogens is 2. The van der Waals surface area contributed by atoms with Crippen molar-refractivity contribution in [3.63, 3.8) is 0 Å². The quantitative estimate of drug-likeness (QED) is 0.937. The van der Waals surface area contributed by atoms with Crippen molar-refractivity contribution in [1.82, 2.24) is 20.4 Å². The van der Waals surface area contributed by atoms with Gasteiger partial charge < -0.3 is 14.7 Å². The molecule has 3 heterocycles. The predicted molar refractivity (Wildman–Crippen MR) is 86.5 cm³/mol. The number of likely N-dealkylation sites (tertiary alicyclic amines) is 1.